The van der Waals surface area contributed by atoms with E-state index in [1.807, 2.05) is 31.3 Å². The van der Waals surface area contributed by atoms with Gasteiger partial charge in [-0.3, -0.25) is 14.5 Å². The Hall–Kier alpha value is -1.88. The minimum Gasteiger partial charge on any atom is -0.491 e. The molecule has 1 aromatic carbocycles. The number of para-hydroxylation sites is 1. The minimum atomic E-state index is -0.0999. The molecule has 0 unspecified atom stereocenters. The van der Waals surface area contributed by atoms with Crippen LogP contribution in [0, 0.1) is 0 Å². The van der Waals surface area contributed by atoms with Crippen LogP contribution in [0.3, 0.4) is 0 Å². The van der Waals surface area contributed by atoms with E-state index in [1.54, 1.807) is 0 Å². The second-order valence-corrected chi connectivity index (χ2v) is 4.43. The van der Waals surface area contributed by atoms with Gasteiger partial charge < -0.3 is 10.1 Å². The third kappa shape index (κ3) is 3.32. The number of hydrogen-bond donors (Lipinski definition) is 1. The van der Waals surface area contributed by atoms with E-state index in [9.17, 15) is 9.59 Å². The molecule has 19 heavy (non-hydrogen) atoms. The largest absolute Gasteiger partial charge is 0.491 e. The van der Waals surface area contributed by atoms with Gasteiger partial charge in [0.2, 0.25) is 11.8 Å². The van der Waals surface area contributed by atoms with E-state index >= 15 is 0 Å². The van der Waals surface area contributed by atoms with Crippen molar-refractivity contribution in [3.8, 4) is 5.75 Å². The first kappa shape index (κ1) is 13.5. The maximum absolute atomic E-state index is 11.4. The van der Waals surface area contributed by atoms with Crippen molar-refractivity contribution in [3.05, 3.63) is 29.8 Å². The standard InChI is InChI=1S/C14H18N2O3/c1-15-10-11-4-2-3-5-12(11)19-9-8-16-13(17)6-7-14(16)18/h2-5,15H,6-10H2,1H3. The number of nitrogens with zero attached hydrogens (tertiary/aromatic N) is 1. The first-order valence-corrected chi connectivity index (χ1v) is 6.41. The molecule has 0 aromatic heterocycles. The molecule has 0 saturated carbocycles. The third-order valence-corrected chi connectivity index (χ3v) is 3.07. The lowest BCUT2D eigenvalue weighted by atomic mass is 10.2. The maximum Gasteiger partial charge on any atom is 0.229 e. The minimum absolute atomic E-state index is 0.0999. The molecule has 0 radical (unpaired) electrons. The summed E-state index contributed by atoms with van der Waals surface area (Å²) >= 11 is 0. The van der Waals surface area contributed by atoms with Crippen LogP contribution in [-0.2, 0) is 16.1 Å². The van der Waals surface area contributed by atoms with Crippen LogP contribution in [-0.4, -0.2) is 36.9 Å². The van der Waals surface area contributed by atoms with E-state index in [0.717, 1.165) is 17.9 Å². The van der Waals surface area contributed by atoms with E-state index in [2.05, 4.69) is 5.32 Å². The molecule has 2 amide bonds. The van der Waals surface area contributed by atoms with Gasteiger partial charge in [-0.25, -0.2) is 0 Å². The van der Waals surface area contributed by atoms with Crippen molar-refractivity contribution in [2.75, 3.05) is 20.2 Å². The molecule has 1 aromatic rings. The second kappa shape index (κ2) is 6.33. The molecule has 1 aliphatic heterocycles. The number of imide groups is 1. The first-order valence-electron chi connectivity index (χ1n) is 6.41. The van der Waals surface area contributed by atoms with Crippen molar-refractivity contribution in [2.24, 2.45) is 0 Å². The summed E-state index contributed by atoms with van der Waals surface area (Å²) in [6.07, 6.45) is 0.657. The second-order valence-electron chi connectivity index (χ2n) is 4.43. The van der Waals surface area contributed by atoms with Crippen molar-refractivity contribution in [1.29, 1.82) is 0 Å². The molecule has 1 heterocycles. The number of nitrogens with one attached hydrogen (secondary N) is 1. The van der Waals surface area contributed by atoms with Crippen LogP contribution in [0.1, 0.15) is 18.4 Å². The van der Waals surface area contributed by atoms with Gasteiger partial charge in [0.25, 0.3) is 0 Å². The van der Waals surface area contributed by atoms with Crippen molar-refractivity contribution in [3.63, 3.8) is 0 Å². The number of hydrogen-bond acceptors (Lipinski definition) is 4. The monoisotopic (exact) mass is 262 g/mol. The highest BCUT2D eigenvalue weighted by Gasteiger charge is 2.28. The molecule has 0 atom stereocenters. The molecular formula is C14H18N2O3. The van der Waals surface area contributed by atoms with Crippen molar-refractivity contribution >= 4 is 11.8 Å². The topological polar surface area (TPSA) is 58.6 Å². The number of rotatable bonds is 6. The van der Waals surface area contributed by atoms with Crippen LogP contribution in [0.2, 0.25) is 0 Å². The number of carbonyl (C=O) groups excluding carboxylic acids is 2. The molecule has 0 spiro atoms. The summed E-state index contributed by atoms with van der Waals surface area (Å²) in [7, 11) is 1.87. The molecule has 5 heteroatoms. The lowest BCUT2D eigenvalue weighted by molar-refractivity contribution is -0.138. The number of likely N-dealkylation sites (tertiary alicyclic amines) is 1. The zero-order valence-electron chi connectivity index (χ0n) is 11.0. The highest BCUT2D eigenvalue weighted by Crippen LogP contribution is 2.18. The Bertz CT molecular complexity index is 458. The number of carbonyl (C=O) groups is 2. The molecule has 1 saturated heterocycles. The van der Waals surface area contributed by atoms with Gasteiger partial charge in [-0.2, -0.15) is 0 Å². The van der Waals surface area contributed by atoms with Gasteiger partial charge in [0, 0.05) is 24.9 Å². The fraction of sp³-hybridized carbons (Fsp3) is 0.429. The predicted octanol–water partition coefficient (Wildman–Crippen LogP) is 0.934. The average molecular weight is 262 g/mol. The van der Waals surface area contributed by atoms with Crippen LogP contribution >= 0.6 is 0 Å². The zero-order valence-corrected chi connectivity index (χ0v) is 11.0. The highest BCUT2D eigenvalue weighted by atomic mass is 16.5. The summed E-state index contributed by atoms with van der Waals surface area (Å²) in [6, 6.07) is 7.73. The van der Waals surface area contributed by atoms with Gasteiger partial charge in [-0.15, -0.1) is 0 Å². The van der Waals surface area contributed by atoms with Crippen LogP contribution in [0.15, 0.2) is 24.3 Å². The summed E-state index contributed by atoms with van der Waals surface area (Å²) < 4.78 is 5.66. The predicted molar refractivity (Wildman–Crippen MR) is 70.7 cm³/mol. The molecule has 102 valence electrons. The summed E-state index contributed by atoms with van der Waals surface area (Å²) in [5.41, 5.74) is 1.06. The Morgan fingerprint density at radius 3 is 2.58 bits per heavy atom. The molecular weight excluding hydrogens is 244 g/mol. The first-order chi connectivity index (χ1) is 9.22. The third-order valence-electron chi connectivity index (χ3n) is 3.07. The van der Waals surface area contributed by atoms with Gasteiger partial charge in [-0.1, -0.05) is 18.2 Å². The van der Waals surface area contributed by atoms with Crippen LogP contribution in [0.25, 0.3) is 0 Å². The van der Waals surface area contributed by atoms with E-state index in [1.165, 1.54) is 4.90 Å². The van der Waals surface area contributed by atoms with Gasteiger partial charge in [0.05, 0.1) is 6.54 Å². The Kier molecular flexibility index (Phi) is 4.52. The molecule has 1 N–H and O–H groups in total. The molecule has 1 fully saturated rings. The average Bonchev–Trinajstić information content (AvgIpc) is 2.72. The van der Waals surface area contributed by atoms with Crippen molar-refractivity contribution < 1.29 is 14.3 Å². The van der Waals surface area contributed by atoms with Crippen molar-refractivity contribution in [1.82, 2.24) is 10.2 Å². The molecule has 1 aliphatic rings. The SMILES string of the molecule is CNCc1ccccc1OCCN1C(=O)CCC1=O. The van der Waals surface area contributed by atoms with Crippen LogP contribution in [0.5, 0.6) is 5.75 Å². The quantitative estimate of drug-likeness (QED) is 0.775. The van der Waals surface area contributed by atoms with E-state index in [0.29, 0.717) is 26.0 Å². The van der Waals surface area contributed by atoms with Gasteiger partial charge in [-0.05, 0) is 13.1 Å². The van der Waals surface area contributed by atoms with Crippen molar-refractivity contribution in [2.45, 2.75) is 19.4 Å². The molecule has 0 bridgehead atoms. The Balaban J connectivity index is 1.89. The molecule has 0 aliphatic carbocycles. The van der Waals surface area contributed by atoms with Crippen LogP contribution < -0.4 is 10.1 Å². The lowest BCUT2D eigenvalue weighted by Crippen LogP contribution is -2.33. The van der Waals surface area contributed by atoms with Gasteiger partial charge >= 0.3 is 0 Å². The lowest BCUT2D eigenvalue weighted by Gasteiger charge is -2.15. The number of benzene rings is 1. The number of ether oxygens (including phenoxy) is 1. The zero-order chi connectivity index (χ0) is 13.7. The Morgan fingerprint density at radius 2 is 1.89 bits per heavy atom. The summed E-state index contributed by atoms with van der Waals surface area (Å²) in [5.74, 6) is 0.588. The van der Waals surface area contributed by atoms with Gasteiger partial charge in [0.15, 0.2) is 0 Å². The smallest absolute Gasteiger partial charge is 0.229 e. The van der Waals surface area contributed by atoms with E-state index < -0.39 is 0 Å². The fourth-order valence-electron chi connectivity index (χ4n) is 2.10. The van der Waals surface area contributed by atoms with Crippen LogP contribution in [0.4, 0.5) is 0 Å². The summed E-state index contributed by atoms with van der Waals surface area (Å²) in [5, 5.41) is 3.07. The summed E-state index contributed by atoms with van der Waals surface area (Å²) in [6.45, 7) is 1.38. The van der Waals surface area contributed by atoms with E-state index in [-0.39, 0.29) is 11.8 Å². The van der Waals surface area contributed by atoms with Gasteiger partial charge in [0.1, 0.15) is 12.4 Å². The Morgan fingerprint density at radius 1 is 1.21 bits per heavy atom. The molecule has 2 rings (SSSR count). The van der Waals surface area contributed by atoms with E-state index in [4.69, 9.17) is 4.74 Å². The number of amides is 2. The highest BCUT2D eigenvalue weighted by molar-refractivity contribution is 6.01. The normalized spacial score (nSPS) is 15.1. The molecule has 5 nitrogen and oxygen atoms in total. The summed E-state index contributed by atoms with van der Waals surface area (Å²) in [4.78, 5) is 24.2. The fourth-order valence-corrected chi connectivity index (χ4v) is 2.10. The Labute approximate surface area is 112 Å². The maximum atomic E-state index is 11.4.